The highest BCUT2D eigenvalue weighted by atomic mass is 16.2. The summed E-state index contributed by atoms with van der Waals surface area (Å²) in [5.74, 6) is -0.0122. The summed E-state index contributed by atoms with van der Waals surface area (Å²) < 4.78 is 0. The zero-order chi connectivity index (χ0) is 11.8. The van der Waals surface area contributed by atoms with Crippen molar-refractivity contribution in [2.24, 2.45) is 11.7 Å². The molecule has 0 unspecified atom stereocenters. The smallest absolute Gasteiger partial charge is 0.241 e. The fraction of sp³-hybridized carbons (Fsp3) is 0.700. The summed E-state index contributed by atoms with van der Waals surface area (Å²) >= 11 is 0. The van der Waals surface area contributed by atoms with Crippen molar-refractivity contribution in [2.45, 2.75) is 26.3 Å². The van der Waals surface area contributed by atoms with Crippen LogP contribution in [0.25, 0.3) is 0 Å². The number of rotatable bonds is 5. The first-order chi connectivity index (χ1) is 7.02. The Kier molecular flexibility index (Phi) is 6.08. The molecule has 0 fully saturated rings. The third kappa shape index (κ3) is 4.99. The van der Waals surface area contributed by atoms with Crippen molar-refractivity contribution in [1.82, 2.24) is 4.90 Å². The Balaban J connectivity index is 4.37. The van der Waals surface area contributed by atoms with Gasteiger partial charge in [-0.15, -0.1) is 0 Å². The van der Waals surface area contributed by atoms with Gasteiger partial charge in [-0.3, -0.25) is 4.79 Å². The number of nitriles is 2. The van der Waals surface area contributed by atoms with E-state index in [4.69, 9.17) is 16.3 Å². The lowest BCUT2D eigenvalue weighted by molar-refractivity contribution is -0.131. The van der Waals surface area contributed by atoms with Crippen LogP contribution in [0.3, 0.4) is 0 Å². The van der Waals surface area contributed by atoms with Crippen LogP contribution >= 0.6 is 0 Å². The van der Waals surface area contributed by atoms with Crippen molar-refractivity contribution >= 4 is 5.91 Å². The van der Waals surface area contributed by atoms with Crippen molar-refractivity contribution in [3.63, 3.8) is 0 Å². The summed E-state index contributed by atoms with van der Waals surface area (Å²) in [7, 11) is 0. The van der Waals surface area contributed by atoms with Crippen LogP contribution < -0.4 is 5.73 Å². The quantitative estimate of drug-likeness (QED) is 0.654. The van der Waals surface area contributed by atoms with E-state index in [0.29, 0.717) is 12.3 Å². The second-order valence-corrected chi connectivity index (χ2v) is 3.75. The van der Waals surface area contributed by atoms with E-state index in [1.165, 1.54) is 4.90 Å². The zero-order valence-electron chi connectivity index (χ0n) is 9.10. The maximum atomic E-state index is 11.7. The topological polar surface area (TPSA) is 93.9 Å². The predicted molar refractivity (Wildman–Crippen MR) is 55.2 cm³/mol. The summed E-state index contributed by atoms with van der Waals surface area (Å²) in [6.07, 6.45) is 0.562. The van der Waals surface area contributed by atoms with Gasteiger partial charge in [0.2, 0.25) is 5.91 Å². The minimum absolute atomic E-state index is 0.0851. The molecule has 0 aliphatic rings. The monoisotopic (exact) mass is 208 g/mol. The van der Waals surface area contributed by atoms with E-state index in [2.05, 4.69) is 0 Å². The summed E-state index contributed by atoms with van der Waals surface area (Å²) in [4.78, 5) is 12.8. The van der Waals surface area contributed by atoms with E-state index < -0.39 is 6.04 Å². The maximum absolute atomic E-state index is 11.7. The van der Waals surface area contributed by atoms with Gasteiger partial charge in [-0.25, -0.2) is 0 Å². The number of nitrogens with two attached hydrogens (primary N) is 1. The highest BCUT2D eigenvalue weighted by molar-refractivity contribution is 5.82. The van der Waals surface area contributed by atoms with Crippen LogP contribution in [0.5, 0.6) is 0 Å². The van der Waals surface area contributed by atoms with Crippen LogP contribution in [-0.4, -0.2) is 29.9 Å². The molecular weight excluding hydrogens is 192 g/mol. The molecular formula is C10H16N4O. The lowest BCUT2D eigenvalue weighted by Crippen LogP contribution is -2.44. The number of carbonyl (C=O) groups excluding carboxylic acids is 1. The van der Waals surface area contributed by atoms with Crippen molar-refractivity contribution in [2.75, 3.05) is 13.1 Å². The van der Waals surface area contributed by atoms with Gasteiger partial charge in [-0.2, -0.15) is 10.5 Å². The van der Waals surface area contributed by atoms with E-state index in [1.807, 2.05) is 26.0 Å². The first kappa shape index (κ1) is 13.4. The molecule has 82 valence electrons. The summed E-state index contributed by atoms with van der Waals surface area (Å²) in [5, 5.41) is 17.0. The van der Waals surface area contributed by atoms with Crippen LogP contribution in [-0.2, 0) is 4.79 Å². The van der Waals surface area contributed by atoms with E-state index >= 15 is 0 Å². The second-order valence-electron chi connectivity index (χ2n) is 3.75. The number of hydrogen-bond acceptors (Lipinski definition) is 4. The number of hydrogen-bond donors (Lipinski definition) is 1. The lowest BCUT2D eigenvalue weighted by Gasteiger charge is -2.21. The highest BCUT2D eigenvalue weighted by Crippen LogP contribution is 2.05. The predicted octanol–water partition coefficient (Wildman–Crippen LogP) is 0.236. The van der Waals surface area contributed by atoms with E-state index in [0.717, 1.165) is 0 Å². The molecule has 5 nitrogen and oxygen atoms in total. The van der Waals surface area contributed by atoms with Crippen LogP contribution in [0.4, 0.5) is 0 Å². The van der Waals surface area contributed by atoms with Crippen molar-refractivity contribution < 1.29 is 4.79 Å². The van der Waals surface area contributed by atoms with Crippen molar-refractivity contribution in [3.05, 3.63) is 0 Å². The molecule has 1 atom stereocenters. The van der Waals surface area contributed by atoms with Crippen LogP contribution in [0.2, 0.25) is 0 Å². The molecule has 0 bridgehead atoms. The van der Waals surface area contributed by atoms with Gasteiger partial charge in [0.05, 0.1) is 18.2 Å². The molecule has 15 heavy (non-hydrogen) atoms. The van der Waals surface area contributed by atoms with Gasteiger partial charge in [-0.1, -0.05) is 13.8 Å². The summed E-state index contributed by atoms with van der Waals surface area (Å²) in [5.41, 5.74) is 5.67. The van der Waals surface area contributed by atoms with Crippen LogP contribution in [0, 0.1) is 28.6 Å². The van der Waals surface area contributed by atoms with Gasteiger partial charge in [0.15, 0.2) is 0 Å². The maximum Gasteiger partial charge on any atom is 0.241 e. The fourth-order valence-electron chi connectivity index (χ4n) is 1.23. The van der Waals surface area contributed by atoms with Gasteiger partial charge in [0, 0.05) is 0 Å². The molecule has 1 amide bonds. The Morgan fingerprint density at radius 1 is 1.33 bits per heavy atom. The molecule has 0 aliphatic carbocycles. The van der Waals surface area contributed by atoms with Gasteiger partial charge in [0.1, 0.15) is 13.1 Å². The molecule has 0 saturated carbocycles. The molecule has 0 spiro atoms. The molecule has 0 aliphatic heterocycles. The van der Waals surface area contributed by atoms with Crippen molar-refractivity contribution in [1.29, 1.82) is 10.5 Å². The lowest BCUT2D eigenvalue weighted by atomic mass is 10.0. The standard InChI is InChI=1S/C10H16N4O/c1-8(2)7-9(13)10(15)14(5-3-11)6-4-12/h8-9H,5-7,13H2,1-2H3/t9-/m0/s1. The minimum atomic E-state index is -0.619. The molecule has 0 heterocycles. The Labute approximate surface area is 90.1 Å². The average Bonchev–Trinajstić information content (AvgIpc) is 2.15. The Hall–Kier alpha value is -1.59. The van der Waals surface area contributed by atoms with Crippen LogP contribution in [0.1, 0.15) is 20.3 Å². The van der Waals surface area contributed by atoms with Crippen LogP contribution in [0.15, 0.2) is 0 Å². The van der Waals surface area contributed by atoms with Gasteiger partial charge in [-0.05, 0) is 12.3 Å². The molecule has 0 aromatic rings. The van der Waals surface area contributed by atoms with Gasteiger partial charge >= 0.3 is 0 Å². The van der Waals surface area contributed by atoms with E-state index in [-0.39, 0.29) is 19.0 Å². The highest BCUT2D eigenvalue weighted by Gasteiger charge is 2.21. The Bertz CT molecular complexity index is 271. The number of amides is 1. The van der Waals surface area contributed by atoms with Crippen molar-refractivity contribution in [3.8, 4) is 12.1 Å². The zero-order valence-corrected chi connectivity index (χ0v) is 9.10. The SMILES string of the molecule is CC(C)C[C@H](N)C(=O)N(CC#N)CC#N. The molecule has 0 radical (unpaired) electrons. The first-order valence-electron chi connectivity index (χ1n) is 4.81. The Morgan fingerprint density at radius 2 is 1.80 bits per heavy atom. The van der Waals surface area contributed by atoms with E-state index in [1.54, 1.807) is 0 Å². The average molecular weight is 208 g/mol. The fourth-order valence-corrected chi connectivity index (χ4v) is 1.23. The summed E-state index contributed by atoms with van der Waals surface area (Å²) in [6.45, 7) is 3.76. The number of nitrogens with zero attached hydrogens (tertiary/aromatic N) is 3. The van der Waals surface area contributed by atoms with Gasteiger partial charge in [0.25, 0.3) is 0 Å². The second kappa shape index (κ2) is 6.80. The first-order valence-corrected chi connectivity index (χ1v) is 4.81. The molecule has 0 saturated heterocycles. The minimum Gasteiger partial charge on any atom is -0.320 e. The molecule has 0 aromatic carbocycles. The third-order valence-corrected chi connectivity index (χ3v) is 1.88. The molecule has 0 rings (SSSR count). The van der Waals surface area contributed by atoms with Gasteiger partial charge < -0.3 is 10.6 Å². The third-order valence-electron chi connectivity index (χ3n) is 1.88. The molecule has 5 heteroatoms. The normalized spacial score (nSPS) is 11.6. The molecule has 0 aromatic heterocycles. The van der Waals surface area contributed by atoms with E-state index in [9.17, 15) is 4.79 Å². The molecule has 2 N–H and O–H groups in total. The summed E-state index contributed by atoms with van der Waals surface area (Å²) in [6, 6.07) is 3.06. The largest absolute Gasteiger partial charge is 0.320 e. The number of carbonyl (C=O) groups is 1. The Morgan fingerprint density at radius 3 is 2.13 bits per heavy atom.